The van der Waals surface area contributed by atoms with Crippen LogP contribution in [0.4, 0.5) is 0 Å². The van der Waals surface area contributed by atoms with Gasteiger partial charge < -0.3 is 24.3 Å². The molecule has 10 aromatic rings. The molecule has 0 spiro atoms. The van der Waals surface area contributed by atoms with E-state index < -0.39 is 0 Å². The maximum absolute atomic E-state index is 7.00. The molecule has 422 valence electrons. The summed E-state index contributed by atoms with van der Waals surface area (Å²) in [7, 11) is 2.00. The summed E-state index contributed by atoms with van der Waals surface area (Å²) in [6.45, 7) is 26.6. The number of benzene rings is 6. The number of hydrogen-bond acceptors (Lipinski definition) is 6. The fraction of sp³-hybridized carbons (Fsp3) is 0.257. The number of aryl methyl sites for hydroxylation is 2. The Morgan fingerprint density at radius 1 is 0.362 bits per heavy atom. The second kappa shape index (κ2) is 34.4. The summed E-state index contributed by atoms with van der Waals surface area (Å²) in [6, 6.07) is 69.1. The van der Waals surface area contributed by atoms with Gasteiger partial charge >= 0.3 is 0 Å². The molecule has 80 heavy (non-hydrogen) atoms. The first-order valence-electron chi connectivity index (χ1n) is 26.8. The number of nitrogens with zero attached hydrogens (tertiary/aromatic N) is 6. The van der Waals surface area contributed by atoms with Gasteiger partial charge in [-0.25, -0.2) is 0 Å². The second-order valence-electron chi connectivity index (χ2n) is 19.7. The van der Waals surface area contributed by atoms with E-state index in [2.05, 4.69) is 181 Å². The van der Waals surface area contributed by atoms with Crippen LogP contribution in [0.15, 0.2) is 188 Å². The maximum atomic E-state index is 7.00. The Labute approximate surface area is 505 Å². The number of aliphatic hydroxyl groups is 2. The molecule has 4 heterocycles. The predicted octanol–water partition coefficient (Wildman–Crippen LogP) is 16.9. The third-order valence-corrected chi connectivity index (χ3v) is 13.1. The van der Waals surface area contributed by atoms with Gasteiger partial charge in [0.05, 0.1) is 17.3 Å². The minimum absolute atomic E-state index is 0. The number of imidazole rings is 2. The second-order valence-corrected chi connectivity index (χ2v) is 19.7. The third kappa shape index (κ3) is 17.6. The summed E-state index contributed by atoms with van der Waals surface area (Å²) in [6.07, 6.45) is 3.60. The van der Waals surface area contributed by atoms with Crippen molar-refractivity contribution in [3.63, 3.8) is 0 Å². The Morgan fingerprint density at radius 3 is 1.00 bits per heavy atom. The van der Waals surface area contributed by atoms with Crippen LogP contribution in [0.3, 0.4) is 0 Å². The number of aromatic nitrogens is 6. The number of hydrogen-bond donors (Lipinski definition) is 2. The molecule has 8 nitrogen and oxygen atoms in total. The number of para-hydroxylation sites is 2. The largest absolute Gasteiger partial charge is 0.400 e. The Kier molecular flexibility index (Phi) is 29.1. The summed E-state index contributed by atoms with van der Waals surface area (Å²) in [4.78, 5) is 18.2. The summed E-state index contributed by atoms with van der Waals surface area (Å²) < 4.78 is 4.68. The van der Waals surface area contributed by atoms with Crippen molar-refractivity contribution in [2.24, 2.45) is 0 Å². The van der Waals surface area contributed by atoms with Crippen LogP contribution in [0.5, 0.6) is 0 Å². The number of aliphatic hydroxyl groups excluding tert-OH is 2. The summed E-state index contributed by atoms with van der Waals surface area (Å²) in [5.74, 6) is 3.75. The molecule has 4 aromatic heterocycles. The molecule has 0 saturated heterocycles. The molecular formula is C70H79Ir2N6O2-3. The van der Waals surface area contributed by atoms with Gasteiger partial charge in [-0.2, -0.15) is 0 Å². The summed E-state index contributed by atoms with van der Waals surface area (Å²) in [5.41, 5.74) is 18.8. The van der Waals surface area contributed by atoms with Gasteiger partial charge in [-0.3, -0.25) is 15.0 Å². The van der Waals surface area contributed by atoms with Crippen molar-refractivity contribution < 1.29 is 50.4 Å². The summed E-state index contributed by atoms with van der Waals surface area (Å²) in [5, 5.41) is 14.0. The van der Waals surface area contributed by atoms with Gasteiger partial charge in [0.15, 0.2) is 0 Å². The van der Waals surface area contributed by atoms with E-state index in [0.717, 1.165) is 70.9 Å². The van der Waals surface area contributed by atoms with Crippen molar-refractivity contribution >= 4 is 0 Å². The minimum Gasteiger partial charge on any atom is -0.400 e. The normalized spacial score (nSPS) is 10.2. The first-order chi connectivity index (χ1) is 37.8. The number of pyridine rings is 2. The van der Waals surface area contributed by atoms with Gasteiger partial charge in [-0.1, -0.05) is 140 Å². The first-order valence-corrected chi connectivity index (χ1v) is 26.8. The van der Waals surface area contributed by atoms with Crippen LogP contribution in [0.1, 0.15) is 124 Å². The van der Waals surface area contributed by atoms with E-state index in [1.807, 2.05) is 121 Å². The van der Waals surface area contributed by atoms with Crippen molar-refractivity contribution in [2.45, 2.75) is 107 Å². The monoisotopic (exact) mass is 1420 g/mol. The smallest absolute Gasteiger partial charge is 0.0701 e. The quantitative estimate of drug-likeness (QED) is 0.132. The number of rotatable bonds is 10. The molecular weight excluding hydrogens is 1340 g/mol. The fourth-order valence-corrected chi connectivity index (χ4v) is 8.95. The molecule has 2 N–H and O–H groups in total. The van der Waals surface area contributed by atoms with E-state index in [-0.39, 0.29) is 40.2 Å². The van der Waals surface area contributed by atoms with Gasteiger partial charge in [-0.15, -0.1) is 108 Å². The predicted molar refractivity (Wildman–Crippen MR) is 325 cm³/mol. The van der Waals surface area contributed by atoms with Crippen LogP contribution in [-0.4, -0.2) is 53.5 Å². The van der Waals surface area contributed by atoms with Crippen molar-refractivity contribution in [1.82, 2.24) is 29.1 Å². The van der Waals surface area contributed by atoms with Crippen LogP contribution >= 0.6 is 0 Å². The van der Waals surface area contributed by atoms with Gasteiger partial charge in [-0.05, 0) is 97.5 Å². The Bertz CT molecular complexity index is 2960. The molecule has 0 fully saturated rings. The standard InChI is InChI=1S/2C23H27N2.C11H9N.C11H8N.2CH4O.2Ir/c2*1-15(2)20-13-10-14-21(16(3)4)22(20)25-18(6)17(5)24-23(25)19-11-8-7-9-12-19;2*1-2-6-10(7-3-1)11-8-4-5-9-12-11;2*1-2;;/h2*7-11,13-16H,1-6H3;1-9H;1-6,8-9H;2*2H,1H3;;/q2*-1;;-1;;;;. The SMILES string of the molecule is CO.CO.Cc1nc(-c2[c-]cccc2)n(-c2c(C(C)C)cccc2C(C)C)c1C.Cc1nc(-c2[c-]cccc2)n(-c2c(C(C)C)cccc2C(C)C)c1C.[Ir].[Ir].[c-]1ccccc1-c1ccccn1.c1ccc(-c2ccccn2)cc1. The Morgan fingerprint density at radius 2 is 0.688 bits per heavy atom. The molecule has 0 atom stereocenters. The van der Waals surface area contributed by atoms with E-state index >= 15 is 0 Å². The van der Waals surface area contributed by atoms with E-state index in [1.54, 1.807) is 6.20 Å². The molecule has 0 unspecified atom stereocenters. The average Bonchev–Trinajstić information content (AvgIpc) is 3.96. The van der Waals surface area contributed by atoms with Crippen molar-refractivity contribution in [2.75, 3.05) is 14.2 Å². The van der Waals surface area contributed by atoms with Crippen LogP contribution in [0.2, 0.25) is 0 Å². The van der Waals surface area contributed by atoms with Crippen molar-refractivity contribution in [3.8, 4) is 56.7 Å². The molecule has 0 saturated carbocycles. The van der Waals surface area contributed by atoms with E-state index in [4.69, 9.17) is 20.2 Å². The fourth-order valence-electron chi connectivity index (χ4n) is 8.95. The topological polar surface area (TPSA) is 102 Å². The first kappa shape index (κ1) is 67.5. The van der Waals surface area contributed by atoms with Gasteiger partial charge in [0.2, 0.25) is 0 Å². The molecule has 2 radical (unpaired) electrons. The average molecular weight is 1420 g/mol. The summed E-state index contributed by atoms with van der Waals surface area (Å²) >= 11 is 0. The zero-order chi connectivity index (χ0) is 56.7. The molecule has 10 rings (SSSR count). The molecule has 0 bridgehead atoms. The Balaban J connectivity index is 0.000000285. The zero-order valence-corrected chi connectivity index (χ0v) is 53.7. The zero-order valence-electron chi connectivity index (χ0n) is 49.0. The van der Waals surface area contributed by atoms with E-state index in [0.29, 0.717) is 23.7 Å². The third-order valence-electron chi connectivity index (χ3n) is 13.1. The Hall–Kier alpha value is -6.74. The van der Waals surface area contributed by atoms with Crippen LogP contribution in [0.25, 0.3) is 56.7 Å². The van der Waals surface area contributed by atoms with Gasteiger partial charge in [0.25, 0.3) is 0 Å². The molecule has 0 amide bonds. The van der Waals surface area contributed by atoms with Gasteiger partial charge in [0, 0.05) is 107 Å². The van der Waals surface area contributed by atoms with E-state index in [9.17, 15) is 0 Å². The maximum Gasteiger partial charge on any atom is 0.0701 e. The van der Waals surface area contributed by atoms with Crippen molar-refractivity contribution in [1.29, 1.82) is 0 Å². The molecule has 10 heteroatoms. The molecule has 6 aromatic carbocycles. The molecule has 0 aliphatic carbocycles. The molecule has 0 aliphatic heterocycles. The van der Waals surface area contributed by atoms with Crippen LogP contribution < -0.4 is 0 Å². The van der Waals surface area contributed by atoms with Crippen molar-refractivity contribution in [3.05, 3.63) is 252 Å². The molecule has 0 aliphatic rings. The minimum atomic E-state index is 0. The van der Waals surface area contributed by atoms with E-state index in [1.165, 1.54) is 45.0 Å². The van der Waals surface area contributed by atoms with Crippen LogP contribution in [0, 0.1) is 45.9 Å². The van der Waals surface area contributed by atoms with Crippen LogP contribution in [-0.2, 0) is 40.2 Å². The van der Waals surface area contributed by atoms with Gasteiger partial charge in [0.1, 0.15) is 0 Å².